The molecule has 0 atom stereocenters. The number of aromatic nitrogens is 3. The molecule has 0 spiro atoms. The summed E-state index contributed by atoms with van der Waals surface area (Å²) in [4.78, 5) is 0. The number of hydrogen-bond acceptors (Lipinski definition) is 3. The first-order valence-electron chi connectivity index (χ1n) is 5.23. The molecule has 0 fully saturated rings. The summed E-state index contributed by atoms with van der Waals surface area (Å²) in [5.41, 5.74) is -0.261. The van der Waals surface area contributed by atoms with E-state index >= 15 is 0 Å². The lowest BCUT2D eigenvalue weighted by atomic mass is 9.79. The standard InChI is InChI=1S/C10H10BF3N3O/c1-17-6-8(15-16-17)7-18-10-5-3-2-4-9(10)11(12,13)14/h2-6H,7H2,1H3/q-1. The Morgan fingerprint density at radius 2 is 2.00 bits per heavy atom. The number of aryl methyl sites for hydroxylation is 1. The van der Waals surface area contributed by atoms with Crippen LogP contribution in [-0.2, 0) is 13.7 Å². The molecule has 0 saturated heterocycles. The van der Waals surface area contributed by atoms with Crippen LogP contribution in [0.15, 0.2) is 30.5 Å². The maximum atomic E-state index is 12.7. The first-order valence-corrected chi connectivity index (χ1v) is 5.23. The Morgan fingerprint density at radius 3 is 2.61 bits per heavy atom. The molecule has 0 radical (unpaired) electrons. The molecule has 0 saturated carbocycles. The van der Waals surface area contributed by atoms with Crippen molar-refractivity contribution in [1.29, 1.82) is 0 Å². The van der Waals surface area contributed by atoms with Crippen molar-refractivity contribution in [2.24, 2.45) is 7.05 Å². The summed E-state index contributed by atoms with van der Waals surface area (Å²) >= 11 is 0. The van der Waals surface area contributed by atoms with Crippen molar-refractivity contribution in [3.63, 3.8) is 0 Å². The van der Waals surface area contributed by atoms with E-state index in [4.69, 9.17) is 4.74 Å². The van der Waals surface area contributed by atoms with Gasteiger partial charge in [-0.3, -0.25) is 4.68 Å². The lowest BCUT2D eigenvalue weighted by molar-refractivity contribution is 0.302. The molecule has 0 N–H and O–H groups in total. The van der Waals surface area contributed by atoms with Gasteiger partial charge in [-0.05, 0) is 6.07 Å². The molecule has 8 heteroatoms. The smallest absolute Gasteiger partial charge is 0.490 e. The minimum atomic E-state index is -5.08. The highest BCUT2D eigenvalue weighted by molar-refractivity contribution is 6.74. The third-order valence-corrected chi connectivity index (χ3v) is 2.30. The fraction of sp³-hybridized carbons (Fsp3) is 0.200. The van der Waals surface area contributed by atoms with Crippen molar-refractivity contribution < 1.29 is 17.7 Å². The van der Waals surface area contributed by atoms with Gasteiger partial charge in [0.2, 0.25) is 0 Å². The molecular weight excluding hydrogens is 246 g/mol. The van der Waals surface area contributed by atoms with Crippen molar-refractivity contribution >= 4 is 12.4 Å². The molecular formula is C10H10BF3N3O-. The van der Waals surface area contributed by atoms with Gasteiger partial charge in [-0.2, -0.15) is 0 Å². The van der Waals surface area contributed by atoms with Crippen LogP contribution in [0.2, 0.25) is 0 Å². The van der Waals surface area contributed by atoms with Gasteiger partial charge in [0.25, 0.3) is 0 Å². The first kappa shape index (κ1) is 12.5. The lowest BCUT2D eigenvalue weighted by Gasteiger charge is -2.19. The molecule has 0 aliphatic carbocycles. The quantitative estimate of drug-likeness (QED) is 0.777. The van der Waals surface area contributed by atoms with E-state index in [0.717, 1.165) is 6.07 Å². The van der Waals surface area contributed by atoms with Gasteiger partial charge in [0.1, 0.15) is 12.3 Å². The number of ether oxygens (including phenoxy) is 1. The number of hydrogen-bond donors (Lipinski definition) is 0. The summed E-state index contributed by atoms with van der Waals surface area (Å²) in [6.45, 7) is -5.13. The second kappa shape index (κ2) is 4.71. The fourth-order valence-electron chi connectivity index (χ4n) is 1.50. The highest BCUT2D eigenvalue weighted by Gasteiger charge is 2.28. The SMILES string of the molecule is Cn1cc(COc2ccccc2[B-](F)(F)F)nn1. The van der Waals surface area contributed by atoms with Gasteiger partial charge in [-0.1, -0.05) is 28.9 Å². The molecule has 0 unspecified atom stereocenters. The minimum absolute atomic E-state index is 0.0446. The largest absolute Gasteiger partial charge is 0.513 e. The maximum Gasteiger partial charge on any atom is 0.513 e. The molecule has 0 bridgehead atoms. The maximum absolute atomic E-state index is 12.7. The summed E-state index contributed by atoms with van der Waals surface area (Å²) in [5, 5.41) is 7.40. The third kappa shape index (κ3) is 2.82. The first-order chi connectivity index (χ1) is 8.47. The molecule has 18 heavy (non-hydrogen) atoms. The normalized spacial score (nSPS) is 11.6. The molecule has 1 heterocycles. The average molecular weight is 256 g/mol. The highest BCUT2D eigenvalue weighted by Crippen LogP contribution is 2.18. The predicted octanol–water partition coefficient (Wildman–Crippen LogP) is 1.45. The van der Waals surface area contributed by atoms with Crippen LogP contribution in [0.5, 0.6) is 5.75 Å². The van der Waals surface area contributed by atoms with E-state index in [1.165, 1.54) is 22.9 Å². The third-order valence-electron chi connectivity index (χ3n) is 2.30. The molecule has 0 aliphatic rings. The average Bonchev–Trinajstić information content (AvgIpc) is 2.72. The van der Waals surface area contributed by atoms with Gasteiger partial charge in [-0.15, -0.1) is 5.10 Å². The van der Waals surface area contributed by atoms with Crippen molar-refractivity contribution in [2.45, 2.75) is 6.61 Å². The minimum Gasteiger partial charge on any atom is -0.490 e. The van der Waals surface area contributed by atoms with Crippen LogP contribution in [0, 0.1) is 0 Å². The van der Waals surface area contributed by atoms with Gasteiger partial charge >= 0.3 is 6.98 Å². The monoisotopic (exact) mass is 256 g/mol. The van der Waals surface area contributed by atoms with Crippen molar-refractivity contribution in [3.8, 4) is 5.75 Å². The van der Waals surface area contributed by atoms with E-state index in [1.807, 2.05) is 0 Å². The Balaban J connectivity index is 2.14. The Labute approximate surface area is 101 Å². The Hall–Kier alpha value is -1.99. The lowest BCUT2D eigenvalue weighted by Crippen LogP contribution is -2.35. The number of nitrogens with zero attached hydrogens (tertiary/aromatic N) is 3. The van der Waals surface area contributed by atoms with Gasteiger partial charge in [0.05, 0.1) is 11.9 Å². The fourth-order valence-corrected chi connectivity index (χ4v) is 1.50. The molecule has 2 aromatic rings. The molecule has 1 aromatic carbocycles. The van der Waals surface area contributed by atoms with Crippen LogP contribution in [-0.4, -0.2) is 22.0 Å². The summed E-state index contributed by atoms with van der Waals surface area (Å²) in [5.74, 6) is -0.185. The number of halogens is 3. The van der Waals surface area contributed by atoms with Crippen molar-refractivity contribution in [3.05, 3.63) is 36.2 Å². The second-order valence-corrected chi connectivity index (χ2v) is 3.78. The zero-order valence-electron chi connectivity index (χ0n) is 9.55. The second-order valence-electron chi connectivity index (χ2n) is 3.78. The molecule has 0 aliphatic heterocycles. The molecule has 2 rings (SSSR count). The van der Waals surface area contributed by atoms with Gasteiger partial charge in [-0.25, -0.2) is 0 Å². The topological polar surface area (TPSA) is 39.9 Å². The zero-order valence-corrected chi connectivity index (χ0v) is 9.55. The van der Waals surface area contributed by atoms with Gasteiger partial charge in [0, 0.05) is 7.05 Å². The highest BCUT2D eigenvalue weighted by atomic mass is 19.4. The zero-order chi connectivity index (χ0) is 13.2. The van der Waals surface area contributed by atoms with Crippen LogP contribution in [0.4, 0.5) is 12.9 Å². The molecule has 1 aromatic heterocycles. The molecule has 0 amide bonds. The van der Waals surface area contributed by atoms with Crippen LogP contribution in [0.3, 0.4) is 0 Å². The molecule has 96 valence electrons. The number of benzene rings is 1. The summed E-state index contributed by atoms with van der Waals surface area (Å²) in [6.07, 6.45) is 1.58. The van der Waals surface area contributed by atoms with Gasteiger partial charge < -0.3 is 17.7 Å². The van der Waals surface area contributed by atoms with E-state index in [0.29, 0.717) is 5.69 Å². The summed E-state index contributed by atoms with van der Waals surface area (Å²) < 4.78 is 44.8. The predicted molar refractivity (Wildman–Crippen MR) is 60.5 cm³/mol. The van der Waals surface area contributed by atoms with E-state index < -0.39 is 12.4 Å². The van der Waals surface area contributed by atoms with E-state index in [1.54, 1.807) is 13.2 Å². The Bertz CT molecular complexity index is 541. The van der Waals surface area contributed by atoms with Crippen molar-refractivity contribution in [1.82, 2.24) is 15.0 Å². The number of rotatable bonds is 4. The van der Waals surface area contributed by atoms with Crippen molar-refractivity contribution in [2.75, 3.05) is 0 Å². The summed E-state index contributed by atoms with van der Waals surface area (Å²) in [6, 6.07) is 5.13. The molecule has 4 nitrogen and oxygen atoms in total. The van der Waals surface area contributed by atoms with Crippen LogP contribution in [0.25, 0.3) is 0 Å². The number of para-hydroxylation sites is 1. The van der Waals surface area contributed by atoms with Gasteiger partial charge in [0.15, 0.2) is 0 Å². The summed E-state index contributed by atoms with van der Waals surface area (Å²) in [7, 11) is 1.67. The van der Waals surface area contributed by atoms with E-state index in [-0.39, 0.29) is 12.4 Å². The van der Waals surface area contributed by atoms with Crippen LogP contribution >= 0.6 is 0 Å². The Kier molecular flexibility index (Phi) is 3.27. The Morgan fingerprint density at radius 1 is 1.28 bits per heavy atom. The van der Waals surface area contributed by atoms with E-state index in [9.17, 15) is 12.9 Å². The van der Waals surface area contributed by atoms with Crippen LogP contribution < -0.4 is 10.2 Å². The van der Waals surface area contributed by atoms with E-state index in [2.05, 4.69) is 10.3 Å². The van der Waals surface area contributed by atoms with Crippen LogP contribution in [0.1, 0.15) is 5.69 Å².